The van der Waals surface area contributed by atoms with Crippen LogP contribution in [0.15, 0.2) is 42.5 Å². The fourth-order valence-corrected chi connectivity index (χ4v) is 4.90. The van der Waals surface area contributed by atoms with Gasteiger partial charge in [0.2, 0.25) is 5.95 Å². The standard InChI is InChI=1S/C27H29FN4O2S/c1-5-17-6-8-23-24(11-17)35-25(31-23)14-20-13-19(10-15(2)3)29-27(30-20)32-22-9-7-18(12-21(22)28)16(4)26(33)34/h6-9,11-13,15-16H,5,10,14H2,1-4H3,(H,33,34)(H,29,30,32). The van der Waals surface area contributed by atoms with Gasteiger partial charge in [-0.3, -0.25) is 4.79 Å². The predicted octanol–water partition coefficient (Wildman–Crippen LogP) is 6.51. The number of nitrogens with zero attached hydrogens (tertiary/aromatic N) is 3. The number of hydrogen-bond acceptors (Lipinski definition) is 6. The highest BCUT2D eigenvalue weighted by Crippen LogP contribution is 2.27. The molecule has 4 rings (SSSR count). The highest BCUT2D eigenvalue weighted by molar-refractivity contribution is 7.18. The maximum Gasteiger partial charge on any atom is 0.310 e. The molecule has 0 amide bonds. The average Bonchev–Trinajstić information content (AvgIpc) is 3.20. The number of aryl methyl sites for hydroxylation is 1. The lowest BCUT2D eigenvalue weighted by atomic mass is 10.0. The maximum absolute atomic E-state index is 14.8. The molecule has 8 heteroatoms. The summed E-state index contributed by atoms with van der Waals surface area (Å²) >= 11 is 1.66. The minimum absolute atomic E-state index is 0.200. The van der Waals surface area contributed by atoms with Crippen molar-refractivity contribution in [1.82, 2.24) is 15.0 Å². The Morgan fingerprint density at radius 1 is 1.06 bits per heavy atom. The van der Waals surface area contributed by atoms with Crippen molar-refractivity contribution in [3.8, 4) is 0 Å². The summed E-state index contributed by atoms with van der Waals surface area (Å²) in [6, 6.07) is 12.7. The van der Waals surface area contributed by atoms with Crippen molar-refractivity contribution in [1.29, 1.82) is 0 Å². The minimum Gasteiger partial charge on any atom is -0.481 e. The van der Waals surface area contributed by atoms with Crippen LogP contribution in [0.1, 0.15) is 61.1 Å². The van der Waals surface area contributed by atoms with Crippen LogP contribution in [0.5, 0.6) is 0 Å². The Hall–Kier alpha value is -3.39. The fraction of sp³-hybridized carbons (Fsp3) is 0.333. The first-order chi connectivity index (χ1) is 16.7. The molecule has 0 aliphatic heterocycles. The van der Waals surface area contributed by atoms with Gasteiger partial charge in [0, 0.05) is 12.1 Å². The van der Waals surface area contributed by atoms with Crippen LogP contribution in [0.2, 0.25) is 0 Å². The van der Waals surface area contributed by atoms with Gasteiger partial charge in [0.05, 0.1) is 32.5 Å². The first-order valence-corrected chi connectivity index (χ1v) is 12.6. The zero-order chi connectivity index (χ0) is 25.1. The average molecular weight is 493 g/mol. The van der Waals surface area contributed by atoms with Crippen molar-refractivity contribution in [3.63, 3.8) is 0 Å². The van der Waals surface area contributed by atoms with Gasteiger partial charge < -0.3 is 10.4 Å². The summed E-state index contributed by atoms with van der Waals surface area (Å²) in [5, 5.41) is 13.1. The summed E-state index contributed by atoms with van der Waals surface area (Å²) in [5.41, 5.74) is 4.55. The summed E-state index contributed by atoms with van der Waals surface area (Å²) in [6.45, 7) is 7.91. The maximum atomic E-state index is 14.8. The molecule has 0 aliphatic rings. The molecule has 0 spiro atoms. The first kappa shape index (κ1) is 24.7. The molecule has 4 aromatic rings. The minimum atomic E-state index is -1.000. The largest absolute Gasteiger partial charge is 0.481 e. The van der Waals surface area contributed by atoms with E-state index in [-0.39, 0.29) is 5.69 Å². The van der Waals surface area contributed by atoms with E-state index >= 15 is 0 Å². The van der Waals surface area contributed by atoms with E-state index in [4.69, 9.17) is 4.98 Å². The molecule has 2 aromatic carbocycles. The number of fused-ring (bicyclic) bond motifs is 1. The number of rotatable bonds is 9. The lowest BCUT2D eigenvalue weighted by Gasteiger charge is -2.13. The number of hydrogen-bond donors (Lipinski definition) is 2. The van der Waals surface area contributed by atoms with Gasteiger partial charge >= 0.3 is 5.97 Å². The van der Waals surface area contributed by atoms with Crippen molar-refractivity contribution in [3.05, 3.63) is 75.8 Å². The van der Waals surface area contributed by atoms with Crippen LogP contribution in [0, 0.1) is 11.7 Å². The Morgan fingerprint density at radius 3 is 2.51 bits per heavy atom. The van der Waals surface area contributed by atoms with Gasteiger partial charge in [-0.1, -0.05) is 32.9 Å². The molecule has 182 valence electrons. The molecule has 0 fully saturated rings. The van der Waals surface area contributed by atoms with E-state index in [0.29, 0.717) is 23.9 Å². The van der Waals surface area contributed by atoms with E-state index in [1.807, 2.05) is 6.07 Å². The van der Waals surface area contributed by atoms with Gasteiger partial charge in [-0.15, -0.1) is 11.3 Å². The fourth-order valence-electron chi connectivity index (χ4n) is 3.86. The zero-order valence-electron chi connectivity index (χ0n) is 20.3. The topological polar surface area (TPSA) is 88.0 Å². The van der Waals surface area contributed by atoms with Gasteiger partial charge in [-0.25, -0.2) is 19.3 Å². The Labute approximate surface area is 208 Å². The number of carboxylic acid groups (broad SMARTS) is 1. The second-order valence-electron chi connectivity index (χ2n) is 9.14. The number of nitrogens with one attached hydrogen (secondary N) is 1. The number of thiazole rings is 1. The smallest absolute Gasteiger partial charge is 0.310 e. The normalized spacial score (nSPS) is 12.3. The molecule has 35 heavy (non-hydrogen) atoms. The molecule has 1 unspecified atom stereocenters. The summed E-state index contributed by atoms with van der Waals surface area (Å²) in [4.78, 5) is 25.2. The van der Waals surface area contributed by atoms with Crippen LogP contribution in [0.3, 0.4) is 0 Å². The summed E-state index contributed by atoms with van der Waals surface area (Å²) < 4.78 is 15.9. The molecule has 2 N–H and O–H groups in total. The third-order valence-corrected chi connectivity index (χ3v) is 6.82. The van der Waals surface area contributed by atoms with Crippen LogP contribution in [-0.2, 0) is 24.1 Å². The molecule has 0 radical (unpaired) electrons. The highest BCUT2D eigenvalue weighted by Gasteiger charge is 2.17. The van der Waals surface area contributed by atoms with Crippen LogP contribution in [0.4, 0.5) is 16.0 Å². The van der Waals surface area contributed by atoms with E-state index in [1.165, 1.54) is 24.6 Å². The monoisotopic (exact) mass is 492 g/mol. The van der Waals surface area contributed by atoms with E-state index < -0.39 is 17.7 Å². The van der Waals surface area contributed by atoms with Gasteiger partial charge in [-0.2, -0.15) is 0 Å². The summed E-state index contributed by atoms with van der Waals surface area (Å²) in [5.74, 6) is -1.63. The molecule has 0 saturated carbocycles. The van der Waals surface area contributed by atoms with Crippen molar-refractivity contribution in [2.24, 2.45) is 5.92 Å². The van der Waals surface area contributed by atoms with Crippen LogP contribution in [0.25, 0.3) is 10.2 Å². The molecular weight excluding hydrogens is 463 g/mol. The molecular formula is C27H29FN4O2S. The van der Waals surface area contributed by atoms with E-state index in [1.54, 1.807) is 17.4 Å². The molecule has 2 heterocycles. The highest BCUT2D eigenvalue weighted by atomic mass is 32.1. The van der Waals surface area contributed by atoms with Gasteiger partial charge in [0.15, 0.2) is 0 Å². The zero-order valence-corrected chi connectivity index (χ0v) is 21.1. The summed E-state index contributed by atoms with van der Waals surface area (Å²) in [6.07, 6.45) is 2.30. The first-order valence-electron chi connectivity index (χ1n) is 11.8. The Bertz CT molecular complexity index is 1370. The second-order valence-corrected chi connectivity index (χ2v) is 10.3. The van der Waals surface area contributed by atoms with Gasteiger partial charge in [-0.05, 0) is 67.1 Å². The molecule has 0 saturated heterocycles. The van der Waals surface area contributed by atoms with E-state index in [9.17, 15) is 14.3 Å². The number of halogens is 1. The Kier molecular flexibility index (Phi) is 7.40. The quantitative estimate of drug-likeness (QED) is 0.277. The number of carboxylic acids is 1. The Balaban J connectivity index is 1.62. The van der Waals surface area contributed by atoms with Crippen molar-refractivity contribution in [2.75, 3.05) is 5.32 Å². The molecule has 0 bridgehead atoms. The molecule has 1 atom stereocenters. The second kappa shape index (κ2) is 10.5. The summed E-state index contributed by atoms with van der Waals surface area (Å²) in [7, 11) is 0. The van der Waals surface area contributed by atoms with Crippen molar-refractivity contribution < 1.29 is 14.3 Å². The third-order valence-electron chi connectivity index (χ3n) is 5.80. The molecule has 6 nitrogen and oxygen atoms in total. The van der Waals surface area contributed by atoms with Crippen molar-refractivity contribution >= 4 is 39.2 Å². The molecule has 2 aromatic heterocycles. The number of anilines is 2. The lowest BCUT2D eigenvalue weighted by Crippen LogP contribution is -2.09. The number of aliphatic carboxylic acids is 1. The molecule has 0 aliphatic carbocycles. The lowest BCUT2D eigenvalue weighted by molar-refractivity contribution is -0.138. The van der Waals surface area contributed by atoms with E-state index in [0.717, 1.165) is 39.5 Å². The number of aromatic nitrogens is 3. The van der Waals surface area contributed by atoms with Crippen LogP contribution in [-0.4, -0.2) is 26.0 Å². The van der Waals surface area contributed by atoms with Gasteiger partial charge in [0.25, 0.3) is 0 Å². The van der Waals surface area contributed by atoms with Crippen LogP contribution < -0.4 is 5.32 Å². The van der Waals surface area contributed by atoms with E-state index in [2.05, 4.69) is 54.3 Å². The number of benzene rings is 2. The third kappa shape index (κ3) is 6.00. The van der Waals surface area contributed by atoms with Crippen LogP contribution >= 0.6 is 11.3 Å². The van der Waals surface area contributed by atoms with Crippen molar-refractivity contribution in [2.45, 2.75) is 52.9 Å². The SMILES string of the molecule is CCc1ccc2nc(Cc3cc(CC(C)C)nc(Nc4ccc(C(C)C(=O)O)cc4F)n3)sc2c1. The predicted molar refractivity (Wildman–Crippen MR) is 138 cm³/mol. The Morgan fingerprint density at radius 2 is 1.83 bits per heavy atom. The van der Waals surface area contributed by atoms with Gasteiger partial charge in [0.1, 0.15) is 5.82 Å². The number of carbonyl (C=O) groups is 1.